The van der Waals surface area contributed by atoms with Gasteiger partial charge in [-0.25, -0.2) is 0 Å². The first-order valence-corrected chi connectivity index (χ1v) is 9.01. The molecule has 0 saturated heterocycles. The molecular formula is C20H19N5O2. The van der Waals surface area contributed by atoms with E-state index in [1.165, 1.54) is 5.56 Å². The predicted octanol–water partition coefficient (Wildman–Crippen LogP) is 3.47. The van der Waals surface area contributed by atoms with Crippen LogP contribution in [0.4, 0.5) is 23.1 Å². The van der Waals surface area contributed by atoms with Gasteiger partial charge in [0, 0.05) is 23.5 Å². The van der Waals surface area contributed by atoms with E-state index < -0.39 is 0 Å². The number of nitrogens with one attached hydrogen (secondary N) is 1. The lowest BCUT2D eigenvalue weighted by molar-refractivity contribution is 0.171. The summed E-state index contributed by atoms with van der Waals surface area (Å²) < 4.78 is 11.2. The van der Waals surface area contributed by atoms with Crippen LogP contribution in [0.1, 0.15) is 12.5 Å². The van der Waals surface area contributed by atoms with Crippen LogP contribution in [0.2, 0.25) is 0 Å². The van der Waals surface area contributed by atoms with Crippen LogP contribution in [0.3, 0.4) is 0 Å². The monoisotopic (exact) mass is 361 g/mol. The van der Waals surface area contributed by atoms with Gasteiger partial charge in [0.2, 0.25) is 0 Å². The number of benzene rings is 2. The minimum absolute atomic E-state index is 0.286. The summed E-state index contributed by atoms with van der Waals surface area (Å²) in [6, 6.07) is 14.4. The third kappa shape index (κ3) is 2.91. The second kappa shape index (κ2) is 6.42. The molecule has 2 aromatic carbocycles. The molecule has 2 aliphatic rings. The van der Waals surface area contributed by atoms with Crippen LogP contribution in [0.15, 0.2) is 48.7 Å². The molecule has 0 aliphatic carbocycles. The highest BCUT2D eigenvalue weighted by atomic mass is 16.6. The molecule has 5 rings (SSSR count). The largest absolute Gasteiger partial charge is 0.486 e. The molecule has 0 spiro atoms. The van der Waals surface area contributed by atoms with E-state index in [2.05, 4.69) is 50.5 Å². The minimum Gasteiger partial charge on any atom is -0.486 e. The van der Waals surface area contributed by atoms with Gasteiger partial charge in [-0.05, 0) is 37.1 Å². The minimum atomic E-state index is 0.286. The Morgan fingerprint density at radius 3 is 2.85 bits per heavy atom. The molecule has 2 aliphatic heterocycles. The van der Waals surface area contributed by atoms with Gasteiger partial charge in [0.1, 0.15) is 13.2 Å². The maximum absolute atomic E-state index is 5.64. The zero-order valence-corrected chi connectivity index (χ0v) is 14.9. The number of para-hydroxylation sites is 1. The molecule has 0 amide bonds. The molecule has 0 fully saturated rings. The van der Waals surface area contributed by atoms with Crippen molar-refractivity contribution in [3.63, 3.8) is 0 Å². The molecule has 1 atom stereocenters. The lowest BCUT2D eigenvalue weighted by atomic mass is 10.1. The summed E-state index contributed by atoms with van der Waals surface area (Å²) in [7, 11) is 0. The van der Waals surface area contributed by atoms with Gasteiger partial charge in [-0.15, -0.1) is 5.10 Å². The Morgan fingerprint density at radius 2 is 1.93 bits per heavy atom. The highest BCUT2D eigenvalue weighted by Crippen LogP contribution is 2.37. The molecule has 0 radical (unpaired) electrons. The van der Waals surface area contributed by atoms with Gasteiger partial charge >= 0.3 is 0 Å². The van der Waals surface area contributed by atoms with Crippen LogP contribution in [0, 0.1) is 0 Å². The van der Waals surface area contributed by atoms with E-state index in [9.17, 15) is 0 Å². The molecule has 3 aromatic rings. The zero-order valence-electron chi connectivity index (χ0n) is 14.9. The van der Waals surface area contributed by atoms with Crippen LogP contribution in [0.25, 0.3) is 0 Å². The number of nitrogens with zero attached hydrogens (tertiary/aromatic N) is 4. The molecular weight excluding hydrogens is 342 g/mol. The van der Waals surface area contributed by atoms with Crippen LogP contribution in [-0.4, -0.2) is 34.4 Å². The number of ether oxygens (including phenoxy) is 2. The molecule has 1 N–H and O–H groups in total. The summed E-state index contributed by atoms with van der Waals surface area (Å²) in [5, 5.41) is 11.7. The summed E-state index contributed by atoms with van der Waals surface area (Å²) in [4.78, 5) is 6.82. The summed E-state index contributed by atoms with van der Waals surface area (Å²) >= 11 is 0. The highest BCUT2D eigenvalue weighted by molar-refractivity contribution is 5.68. The topological polar surface area (TPSA) is 72.4 Å². The maximum Gasteiger partial charge on any atom is 0.252 e. The first-order valence-electron chi connectivity index (χ1n) is 9.01. The fourth-order valence-corrected chi connectivity index (χ4v) is 3.60. The predicted molar refractivity (Wildman–Crippen MR) is 102 cm³/mol. The summed E-state index contributed by atoms with van der Waals surface area (Å²) in [5.41, 5.74) is 3.31. The highest BCUT2D eigenvalue weighted by Gasteiger charge is 2.29. The van der Waals surface area contributed by atoms with E-state index in [0.29, 0.717) is 25.0 Å². The van der Waals surface area contributed by atoms with Crippen LogP contribution >= 0.6 is 0 Å². The number of hydrogen-bond acceptors (Lipinski definition) is 7. The molecule has 27 heavy (non-hydrogen) atoms. The van der Waals surface area contributed by atoms with E-state index in [-0.39, 0.29) is 6.04 Å². The maximum atomic E-state index is 5.64. The molecule has 7 nitrogen and oxygen atoms in total. The van der Waals surface area contributed by atoms with Gasteiger partial charge < -0.3 is 19.7 Å². The first-order chi connectivity index (χ1) is 13.3. The number of anilines is 4. The average Bonchev–Trinajstić information content (AvgIpc) is 3.04. The SMILES string of the molecule is CC1Cc2ccccc2N1c1nncc(Nc2ccc3c(c2)OCCO3)n1. The Morgan fingerprint density at radius 1 is 1.07 bits per heavy atom. The van der Waals surface area contributed by atoms with Gasteiger partial charge in [-0.1, -0.05) is 18.2 Å². The Kier molecular flexibility index (Phi) is 3.78. The summed E-state index contributed by atoms with van der Waals surface area (Å²) in [6.45, 7) is 3.31. The van der Waals surface area contributed by atoms with Crippen molar-refractivity contribution in [1.29, 1.82) is 0 Å². The van der Waals surface area contributed by atoms with Crippen molar-refractivity contribution in [2.45, 2.75) is 19.4 Å². The lowest BCUT2D eigenvalue weighted by Crippen LogP contribution is -2.26. The van der Waals surface area contributed by atoms with E-state index in [0.717, 1.165) is 29.3 Å². The van der Waals surface area contributed by atoms with E-state index in [4.69, 9.17) is 9.47 Å². The number of rotatable bonds is 3. The summed E-state index contributed by atoms with van der Waals surface area (Å²) in [6.07, 6.45) is 2.59. The number of aromatic nitrogens is 3. The third-order valence-electron chi connectivity index (χ3n) is 4.78. The van der Waals surface area contributed by atoms with Crippen LogP contribution < -0.4 is 19.7 Å². The standard InChI is InChI=1S/C20H19N5O2/c1-13-10-14-4-2-3-5-16(14)25(13)20-23-19(12-21-24-20)22-15-6-7-17-18(11-15)27-9-8-26-17/h2-7,11-13H,8-10H2,1H3,(H,22,23,24). The van der Waals surface area contributed by atoms with Crippen molar-refractivity contribution >= 4 is 23.1 Å². The van der Waals surface area contributed by atoms with E-state index in [1.54, 1.807) is 6.20 Å². The molecule has 0 saturated carbocycles. The van der Waals surface area contributed by atoms with Gasteiger partial charge in [-0.3, -0.25) is 0 Å². The van der Waals surface area contributed by atoms with Crippen LogP contribution in [0.5, 0.6) is 11.5 Å². The Hall–Kier alpha value is -3.35. The molecule has 3 heterocycles. The van der Waals surface area contributed by atoms with E-state index in [1.807, 2.05) is 24.3 Å². The fourth-order valence-electron chi connectivity index (χ4n) is 3.60. The van der Waals surface area contributed by atoms with Crippen LogP contribution in [-0.2, 0) is 6.42 Å². The van der Waals surface area contributed by atoms with E-state index >= 15 is 0 Å². The van der Waals surface area contributed by atoms with Gasteiger partial charge in [0.15, 0.2) is 17.3 Å². The Balaban J connectivity index is 1.43. The quantitative estimate of drug-likeness (QED) is 0.766. The van der Waals surface area contributed by atoms with Crippen molar-refractivity contribution < 1.29 is 9.47 Å². The second-order valence-electron chi connectivity index (χ2n) is 6.68. The molecule has 1 aromatic heterocycles. The Labute approximate surface area is 157 Å². The molecule has 0 bridgehead atoms. The van der Waals surface area contributed by atoms with Gasteiger partial charge in [0.25, 0.3) is 5.95 Å². The first kappa shape index (κ1) is 15.9. The third-order valence-corrected chi connectivity index (χ3v) is 4.78. The van der Waals surface area contributed by atoms with Gasteiger partial charge in [0.05, 0.1) is 6.20 Å². The Bertz CT molecular complexity index is 994. The zero-order chi connectivity index (χ0) is 18.2. The van der Waals surface area contributed by atoms with Crippen molar-refractivity contribution in [3.8, 4) is 11.5 Å². The van der Waals surface area contributed by atoms with Gasteiger partial charge in [-0.2, -0.15) is 10.1 Å². The second-order valence-corrected chi connectivity index (χ2v) is 6.68. The number of fused-ring (bicyclic) bond motifs is 2. The van der Waals surface area contributed by atoms with Crippen molar-refractivity contribution in [2.75, 3.05) is 23.4 Å². The molecule has 7 heteroatoms. The lowest BCUT2D eigenvalue weighted by Gasteiger charge is -2.22. The van der Waals surface area contributed by atoms with Crippen molar-refractivity contribution in [2.24, 2.45) is 0 Å². The van der Waals surface area contributed by atoms with Crippen molar-refractivity contribution in [1.82, 2.24) is 15.2 Å². The van der Waals surface area contributed by atoms with Crippen molar-refractivity contribution in [3.05, 3.63) is 54.2 Å². The smallest absolute Gasteiger partial charge is 0.252 e. The molecule has 136 valence electrons. The summed E-state index contributed by atoms with van der Waals surface area (Å²) in [5.74, 6) is 2.72. The fraction of sp³-hybridized carbons (Fsp3) is 0.250. The normalized spacial score (nSPS) is 17.5. The molecule has 1 unspecified atom stereocenters. The number of hydrogen-bond donors (Lipinski definition) is 1. The average molecular weight is 361 g/mol.